The maximum atomic E-state index is 12.3. The van der Waals surface area contributed by atoms with Crippen LogP contribution in [0.15, 0.2) is 79.0 Å². The van der Waals surface area contributed by atoms with E-state index in [1.807, 2.05) is 0 Å². The number of fused-ring (bicyclic) bond motifs is 18. The van der Waals surface area contributed by atoms with Crippen LogP contribution in [0.4, 0.5) is 0 Å². The largest absolute Gasteiger partial charge is 0.478 e. The van der Waals surface area contributed by atoms with Gasteiger partial charge in [-0.1, -0.05) is 156 Å². The number of carbonyl (C=O) groups is 1. The topological polar surface area (TPSA) is 146 Å². The van der Waals surface area contributed by atoms with Crippen molar-refractivity contribution in [3.8, 4) is 0 Å². The van der Waals surface area contributed by atoms with Gasteiger partial charge in [-0.3, -0.25) is 0 Å². The molecule has 1 aromatic carbocycles. The van der Waals surface area contributed by atoms with Crippen LogP contribution in [-0.2, 0) is 0 Å². The molecule has 0 spiro atoms. The van der Waals surface area contributed by atoms with Crippen molar-refractivity contribution in [1.29, 1.82) is 0 Å². The molecule has 3 N–H and O–H groups in total. The van der Waals surface area contributed by atoms with Crippen molar-refractivity contribution in [3.05, 3.63) is 119 Å². The van der Waals surface area contributed by atoms with Gasteiger partial charge in [-0.2, -0.15) is 0 Å². The van der Waals surface area contributed by atoms with E-state index < -0.39 is 5.97 Å². The van der Waals surface area contributed by atoms with Crippen molar-refractivity contribution in [2.45, 2.75) is 83.1 Å². The fourth-order valence-corrected chi connectivity index (χ4v) is 8.07. The second kappa shape index (κ2) is 13.1. The van der Waals surface area contributed by atoms with Crippen molar-refractivity contribution in [1.82, 2.24) is 39.9 Å². The molecule has 10 nitrogen and oxygen atoms in total. The molecule has 310 valence electrons. The maximum absolute atomic E-state index is 12.3. The van der Waals surface area contributed by atoms with Crippen molar-refractivity contribution in [3.63, 3.8) is 0 Å². The summed E-state index contributed by atoms with van der Waals surface area (Å²) in [5.74, 6) is 0.908. The summed E-state index contributed by atoms with van der Waals surface area (Å²) in [4.78, 5) is 50.8. The number of hydrogen-bond donors (Lipinski definition) is 3. The van der Waals surface area contributed by atoms with E-state index in [9.17, 15) is 9.90 Å². The number of hydrogen-bond acceptors (Lipinski definition) is 7. The van der Waals surface area contributed by atoms with Gasteiger partial charge in [-0.15, -0.1) is 0 Å². The highest BCUT2D eigenvalue weighted by atomic mass is 16.4. The Labute approximate surface area is 356 Å². The summed E-state index contributed by atoms with van der Waals surface area (Å²) in [5, 5.41) is 11.4. The lowest BCUT2D eigenvalue weighted by Gasteiger charge is -2.37. The molecular formula is C51H54N8O2. The normalized spacial score (nSPS) is 23.5. The molecule has 10 heteroatoms. The summed E-state index contributed by atoms with van der Waals surface area (Å²) < 4.78 is 0. The molecule has 8 bridgehead atoms. The molecular weight excluding hydrogens is 757 g/mol. The Kier molecular flexibility index (Phi) is 8.62. The number of aromatic amines is 2. The van der Waals surface area contributed by atoms with Crippen LogP contribution in [0, 0.1) is 32.5 Å². The number of carboxylic acid groups (broad SMARTS) is 1. The first-order chi connectivity index (χ1) is 28.5. The fraction of sp³-hybridized carbons (Fsp3) is 0.353. The van der Waals surface area contributed by atoms with Crippen molar-refractivity contribution in [2.75, 3.05) is 0 Å². The average molecular weight is 811 g/mol. The molecule has 0 radical (unpaired) electrons. The maximum Gasteiger partial charge on any atom is 0.335 e. The van der Waals surface area contributed by atoms with Gasteiger partial charge in [0.15, 0.2) is 23.3 Å². The zero-order valence-corrected chi connectivity index (χ0v) is 37.2. The molecule has 0 saturated carbocycles. The standard InChI is InChI=1S/C51H54N8O2/c1-46(2,3)49(10)21-15-30-31(16-22-49)39-53-38(30)52-37-29-14-13-28(45(60)61)27-36(29)44(58-37)59-43-35-20-26-51(12,48(7,8)9)25-19-34(35)42(57-43)56-41-33-18-24-50(11,47(4,5)6)23-17-32(33)40(54-39)55-41/h13-27H,1-12H3,(H,60,61)(H2,52,53,54,55,56,57,58,59). The molecule has 0 saturated heterocycles. The molecule has 3 aliphatic carbocycles. The minimum atomic E-state index is -1.04. The highest BCUT2D eigenvalue weighted by Gasteiger charge is 2.38. The summed E-state index contributed by atoms with van der Waals surface area (Å²) >= 11 is 0. The fourth-order valence-electron chi connectivity index (χ4n) is 8.07. The number of aromatic nitrogens is 8. The van der Waals surface area contributed by atoms with Crippen LogP contribution in [-0.4, -0.2) is 50.9 Å². The highest BCUT2D eigenvalue weighted by Crippen LogP contribution is 2.48. The van der Waals surface area contributed by atoms with E-state index in [2.05, 4.69) is 166 Å². The summed E-state index contributed by atoms with van der Waals surface area (Å²) in [6.45, 7) is 26.9. The van der Waals surface area contributed by atoms with Crippen molar-refractivity contribution >= 4 is 73.8 Å². The Bertz CT molecular complexity index is 3050. The molecule has 5 aliphatic rings. The van der Waals surface area contributed by atoms with Gasteiger partial charge < -0.3 is 15.1 Å². The first-order valence-electron chi connectivity index (χ1n) is 21.1. The van der Waals surface area contributed by atoms with Gasteiger partial charge in [0.25, 0.3) is 0 Å². The van der Waals surface area contributed by atoms with E-state index in [4.69, 9.17) is 29.9 Å². The van der Waals surface area contributed by atoms with E-state index in [0.29, 0.717) is 56.7 Å². The van der Waals surface area contributed by atoms with E-state index in [1.54, 1.807) is 18.2 Å². The van der Waals surface area contributed by atoms with Gasteiger partial charge in [0.1, 0.15) is 22.6 Å². The lowest BCUT2D eigenvalue weighted by Crippen LogP contribution is -2.28. The molecule has 5 heterocycles. The van der Waals surface area contributed by atoms with Gasteiger partial charge in [0.2, 0.25) is 0 Å². The number of benzene rings is 1. The van der Waals surface area contributed by atoms with Crippen molar-refractivity contribution < 1.29 is 9.90 Å². The zero-order chi connectivity index (χ0) is 43.7. The summed E-state index contributed by atoms with van der Waals surface area (Å²) in [6, 6.07) is 5.00. The molecule has 9 rings (SSSR count). The molecule has 61 heavy (non-hydrogen) atoms. The number of nitrogens with zero attached hydrogens (tertiary/aromatic N) is 6. The van der Waals surface area contributed by atoms with Crippen LogP contribution in [0.5, 0.6) is 0 Å². The first kappa shape index (κ1) is 40.1. The summed E-state index contributed by atoms with van der Waals surface area (Å²) in [6.07, 6.45) is 26.2. The Morgan fingerprint density at radius 2 is 0.803 bits per heavy atom. The van der Waals surface area contributed by atoms with E-state index in [0.717, 1.165) is 33.4 Å². The summed E-state index contributed by atoms with van der Waals surface area (Å²) in [7, 11) is 0. The minimum Gasteiger partial charge on any atom is -0.478 e. The number of aromatic carboxylic acids is 1. The van der Waals surface area contributed by atoms with Crippen LogP contribution in [0.25, 0.3) is 67.8 Å². The number of H-pyrrole nitrogens is 2. The van der Waals surface area contributed by atoms with Gasteiger partial charge >= 0.3 is 5.97 Å². The third-order valence-corrected chi connectivity index (χ3v) is 14.3. The van der Waals surface area contributed by atoms with Crippen LogP contribution in [0.1, 0.15) is 128 Å². The Balaban J connectivity index is 1.43. The van der Waals surface area contributed by atoms with Gasteiger partial charge in [-0.05, 0) is 34.4 Å². The predicted octanol–water partition coefficient (Wildman–Crippen LogP) is 12.0. The molecule has 3 atom stereocenters. The van der Waals surface area contributed by atoms with E-state index in [-0.39, 0.29) is 38.1 Å². The average Bonchev–Trinajstić information content (AvgIpc) is 3.74. The van der Waals surface area contributed by atoms with E-state index >= 15 is 0 Å². The van der Waals surface area contributed by atoms with Gasteiger partial charge in [-0.25, -0.2) is 34.7 Å². The van der Waals surface area contributed by atoms with Crippen LogP contribution < -0.4 is 0 Å². The number of carboxylic acids is 1. The van der Waals surface area contributed by atoms with E-state index in [1.165, 1.54) is 0 Å². The second-order valence-corrected chi connectivity index (χ2v) is 20.8. The van der Waals surface area contributed by atoms with Gasteiger partial charge in [0.05, 0.1) is 5.56 Å². The monoisotopic (exact) mass is 810 g/mol. The van der Waals surface area contributed by atoms with Gasteiger partial charge in [0, 0.05) is 60.4 Å². The quantitative estimate of drug-likeness (QED) is 0.172. The lowest BCUT2D eigenvalue weighted by atomic mass is 9.67. The SMILES string of the molecule is CC(C)(C)C1(C)C=CC2=C(C=C1)c1nc2nc2[nH]c(nc3nc(nc4[nH]c(n1)c1ccc(C(=O)O)cc41)C1=C3C=CC(C)(C(C)(C)C)C=C1)c1c2C=CC(C)(C(C)(C)C)C=C1. The Morgan fingerprint density at radius 1 is 0.475 bits per heavy atom. The molecule has 4 aromatic rings. The number of nitrogens with one attached hydrogen (secondary N) is 2. The molecule has 2 aliphatic heterocycles. The molecule has 3 unspecified atom stereocenters. The Hall–Kier alpha value is -6.29. The second-order valence-electron chi connectivity index (χ2n) is 20.8. The van der Waals surface area contributed by atoms with Crippen LogP contribution >= 0.6 is 0 Å². The third kappa shape index (κ3) is 6.41. The Morgan fingerprint density at radius 3 is 1.16 bits per heavy atom. The third-order valence-electron chi connectivity index (χ3n) is 14.3. The smallest absolute Gasteiger partial charge is 0.335 e. The van der Waals surface area contributed by atoms with Crippen LogP contribution in [0.3, 0.4) is 0 Å². The minimum absolute atomic E-state index is 0.0727. The number of rotatable bonds is 1. The first-order valence-corrected chi connectivity index (χ1v) is 21.1. The molecule has 0 amide bonds. The van der Waals surface area contributed by atoms with Crippen LogP contribution in [0.2, 0.25) is 0 Å². The van der Waals surface area contributed by atoms with Crippen molar-refractivity contribution in [2.24, 2.45) is 32.5 Å². The molecule has 0 fully saturated rings. The lowest BCUT2D eigenvalue weighted by molar-refractivity contribution is 0.0697. The predicted molar refractivity (Wildman–Crippen MR) is 248 cm³/mol. The zero-order valence-electron chi connectivity index (χ0n) is 37.2. The highest BCUT2D eigenvalue weighted by molar-refractivity contribution is 6.08. The summed E-state index contributed by atoms with van der Waals surface area (Å²) in [5.41, 5.74) is 6.35. The molecule has 3 aromatic heterocycles. The number of allylic oxidation sites excluding steroid dienone is 14.